The van der Waals surface area contributed by atoms with Crippen LogP contribution in [0.15, 0.2) is 48.5 Å². The highest BCUT2D eigenvalue weighted by molar-refractivity contribution is 5.91. The molecular weight excluding hydrogens is 334 g/mol. The zero-order chi connectivity index (χ0) is 19.3. The lowest BCUT2D eigenvalue weighted by atomic mass is 9.74. The Kier molecular flexibility index (Phi) is 5.93. The molecule has 0 saturated carbocycles. The minimum absolute atomic E-state index is 0.0453. The van der Waals surface area contributed by atoms with E-state index in [1.54, 1.807) is 0 Å². The number of likely N-dealkylation sites (tertiary alicyclic amines) is 1. The van der Waals surface area contributed by atoms with Crippen LogP contribution in [0.25, 0.3) is 0 Å². The lowest BCUT2D eigenvalue weighted by Gasteiger charge is -2.37. The first-order valence-corrected chi connectivity index (χ1v) is 9.59. The molecule has 1 heterocycles. The maximum Gasteiger partial charge on any atom is 0.225 e. The van der Waals surface area contributed by atoms with Crippen molar-refractivity contribution in [1.29, 1.82) is 5.26 Å². The number of aryl methyl sites for hydroxylation is 1. The Hall–Kier alpha value is -2.64. The molecule has 2 aromatic rings. The molecule has 4 heteroatoms. The van der Waals surface area contributed by atoms with E-state index in [0.717, 1.165) is 49.3 Å². The number of benzene rings is 2. The third-order valence-electron chi connectivity index (χ3n) is 5.78. The van der Waals surface area contributed by atoms with Gasteiger partial charge in [-0.25, -0.2) is 0 Å². The quantitative estimate of drug-likeness (QED) is 0.869. The number of nitrogens with zero attached hydrogens (tertiary/aromatic N) is 2. The van der Waals surface area contributed by atoms with Gasteiger partial charge >= 0.3 is 0 Å². The smallest absolute Gasteiger partial charge is 0.225 e. The molecule has 4 nitrogen and oxygen atoms in total. The Morgan fingerprint density at radius 3 is 2.48 bits per heavy atom. The van der Waals surface area contributed by atoms with Gasteiger partial charge < -0.3 is 10.2 Å². The van der Waals surface area contributed by atoms with Gasteiger partial charge in [0.2, 0.25) is 5.91 Å². The number of nitriles is 1. The second-order valence-electron chi connectivity index (χ2n) is 7.45. The monoisotopic (exact) mass is 361 g/mol. The van der Waals surface area contributed by atoms with Crippen molar-refractivity contribution in [2.24, 2.45) is 0 Å². The highest BCUT2D eigenvalue weighted by Crippen LogP contribution is 2.34. The van der Waals surface area contributed by atoms with E-state index in [1.165, 1.54) is 5.56 Å². The largest absolute Gasteiger partial charge is 0.326 e. The molecule has 1 amide bonds. The van der Waals surface area contributed by atoms with E-state index in [4.69, 9.17) is 0 Å². The summed E-state index contributed by atoms with van der Waals surface area (Å²) < 4.78 is 0. The van der Waals surface area contributed by atoms with E-state index < -0.39 is 5.41 Å². The molecule has 1 N–H and O–H groups in total. The summed E-state index contributed by atoms with van der Waals surface area (Å²) in [5.41, 5.74) is 3.91. The van der Waals surface area contributed by atoms with E-state index >= 15 is 0 Å². The number of piperidine rings is 1. The zero-order valence-electron chi connectivity index (χ0n) is 16.2. The minimum Gasteiger partial charge on any atom is -0.326 e. The van der Waals surface area contributed by atoms with E-state index in [1.807, 2.05) is 50.2 Å². The lowest BCUT2D eigenvalue weighted by Crippen LogP contribution is -2.42. The average molecular weight is 361 g/mol. The van der Waals surface area contributed by atoms with Gasteiger partial charge in [0.1, 0.15) is 0 Å². The molecule has 1 saturated heterocycles. The van der Waals surface area contributed by atoms with Crippen LogP contribution in [0.3, 0.4) is 0 Å². The Labute approximate surface area is 161 Å². The fourth-order valence-corrected chi connectivity index (χ4v) is 3.74. The van der Waals surface area contributed by atoms with Gasteiger partial charge in [0.25, 0.3) is 0 Å². The van der Waals surface area contributed by atoms with E-state index in [9.17, 15) is 10.1 Å². The van der Waals surface area contributed by atoms with Gasteiger partial charge in [-0.05, 0) is 62.5 Å². The Bertz CT molecular complexity index is 830. The van der Waals surface area contributed by atoms with Crippen LogP contribution in [0, 0.1) is 25.2 Å². The molecule has 0 aromatic heterocycles. The highest BCUT2D eigenvalue weighted by Gasteiger charge is 2.36. The molecule has 1 fully saturated rings. The van der Waals surface area contributed by atoms with Gasteiger partial charge in [0, 0.05) is 18.7 Å². The summed E-state index contributed by atoms with van der Waals surface area (Å²) in [5.74, 6) is 0.0453. The van der Waals surface area contributed by atoms with Gasteiger partial charge in [-0.3, -0.25) is 4.79 Å². The first kappa shape index (κ1) is 19.1. The van der Waals surface area contributed by atoms with Crippen molar-refractivity contribution in [3.8, 4) is 6.07 Å². The fraction of sp³-hybridized carbons (Fsp3) is 0.391. The van der Waals surface area contributed by atoms with Crippen molar-refractivity contribution in [1.82, 2.24) is 4.90 Å². The number of hydrogen-bond acceptors (Lipinski definition) is 3. The third-order valence-corrected chi connectivity index (χ3v) is 5.78. The molecule has 0 unspecified atom stereocenters. The van der Waals surface area contributed by atoms with Crippen molar-refractivity contribution < 1.29 is 4.79 Å². The molecule has 0 spiro atoms. The summed E-state index contributed by atoms with van der Waals surface area (Å²) in [5, 5.41) is 12.8. The minimum atomic E-state index is -0.390. The normalized spacial score (nSPS) is 16.5. The van der Waals surface area contributed by atoms with Crippen molar-refractivity contribution >= 4 is 11.6 Å². The van der Waals surface area contributed by atoms with E-state index in [-0.39, 0.29) is 5.91 Å². The maximum absolute atomic E-state index is 12.3. The van der Waals surface area contributed by atoms with Gasteiger partial charge in [-0.1, -0.05) is 42.5 Å². The molecule has 0 atom stereocenters. The van der Waals surface area contributed by atoms with Gasteiger partial charge in [-0.2, -0.15) is 5.26 Å². The molecule has 3 rings (SSSR count). The molecule has 140 valence electrons. The Morgan fingerprint density at radius 2 is 1.81 bits per heavy atom. The van der Waals surface area contributed by atoms with Crippen LogP contribution in [0.1, 0.15) is 36.0 Å². The third kappa shape index (κ3) is 4.37. The number of carbonyl (C=O) groups is 1. The molecule has 0 aliphatic carbocycles. The maximum atomic E-state index is 12.3. The van der Waals surface area contributed by atoms with Crippen LogP contribution >= 0.6 is 0 Å². The van der Waals surface area contributed by atoms with Crippen LogP contribution in [0.2, 0.25) is 0 Å². The summed E-state index contributed by atoms with van der Waals surface area (Å²) in [6.45, 7) is 6.50. The second kappa shape index (κ2) is 8.37. The predicted octanol–water partition coefficient (Wildman–Crippen LogP) is 4.19. The molecule has 1 aliphatic rings. The Balaban J connectivity index is 1.52. The molecular formula is C23H27N3O. The molecule has 27 heavy (non-hydrogen) atoms. The standard InChI is InChI=1S/C23H27N3O/c1-18-7-6-10-21(19(18)2)25-22(27)11-14-26-15-12-23(17-24,13-16-26)20-8-4-3-5-9-20/h3-10H,11-16H2,1-2H3,(H,25,27). The number of nitrogens with one attached hydrogen (secondary N) is 1. The Morgan fingerprint density at radius 1 is 1.11 bits per heavy atom. The summed E-state index contributed by atoms with van der Waals surface area (Å²) in [4.78, 5) is 14.6. The highest BCUT2D eigenvalue weighted by atomic mass is 16.1. The van der Waals surface area contributed by atoms with Crippen molar-refractivity contribution in [3.05, 3.63) is 65.2 Å². The summed E-state index contributed by atoms with van der Waals surface area (Å²) >= 11 is 0. The summed E-state index contributed by atoms with van der Waals surface area (Å²) in [7, 11) is 0. The fourth-order valence-electron chi connectivity index (χ4n) is 3.74. The van der Waals surface area contributed by atoms with E-state index in [0.29, 0.717) is 6.42 Å². The van der Waals surface area contributed by atoms with Crippen LogP contribution in [0.4, 0.5) is 5.69 Å². The molecule has 2 aromatic carbocycles. The topological polar surface area (TPSA) is 56.1 Å². The van der Waals surface area contributed by atoms with Crippen LogP contribution in [0.5, 0.6) is 0 Å². The van der Waals surface area contributed by atoms with Crippen LogP contribution < -0.4 is 5.32 Å². The predicted molar refractivity (Wildman–Crippen MR) is 109 cm³/mol. The van der Waals surface area contributed by atoms with Crippen LogP contribution in [-0.2, 0) is 10.2 Å². The second-order valence-corrected chi connectivity index (χ2v) is 7.45. The number of hydrogen-bond donors (Lipinski definition) is 1. The zero-order valence-corrected chi connectivity index (χ0v) is 16.2. The van der Waals surface area contributed by atoms with Gasteiger partial charge in [-0.15, -0.1) is 0 Å². The number of anilines is 1. The first-order valence-electron chi connectivity index (χ1n) is 9.59. The number of rotatable bonds is 5. The van der Waals surface area contributed by atoms with Gasteiger partial charge in [0.05, 0.1) is 11.5 Å². The molecule has 1 aliphatic heterocycles. The van der Waals surface area contributed by atoms with E-state index in [2.05, 4.69) is 28.4 Å². The summed E-state index contributed by atoms with van der Waals surface area (Å²) in [6, 6.07) is 18.6. The number of carbonyl (C=O) groups excluding carboxylic acids is 1. The lowest BCUT2D eigenvalue weighted by molar-refractivity contribution is -0.116. The first-order chi connectivity index (χ1) is 13.0. The SMILES string of the molecule is Cc1cccc(NC(=O)CCN2CCC(C#N)(c3ccccc3)CC2)c1C. The van der Waals surface area contributed by atoms with Gasteiger partial charge in [0.15, 0.2) is 0 Å². The van der Waals surface area contributed by atoms with Crippen molar-refractivity contribution in [2.75, 3.05) is 25.0 Å². The van der Waals surface area contributed by atoms with Crippen molar-refractivity contribution in [3.63, 3.8) is 0 Å². The average Bonchev–Trinajstić information content (AvgIpc) is 2.71. The molecule has 0 bridgehead atoms. The van der Waals surface area contributed by atoms with Crippen molar-refractivity contribution in [2.45, 2.75) is 38.5 Å². The molecule has 0 radical (unpaired) electrons. The van der Waals surface area contributed by atoms with Crippen LogP contribution in [-0.4, -0.2) is 30.4 Å². The summed E-state index contributed by atoms with van der Waals surface area (Å²) in [6.07, 6.45) is 2.09. The number of amides is 1.